The van der Waals surface area contributed by atoms with E-state index >= 15 is 0 Å². The third-order valence-electron chi connectivity index (χ3n) is 3.13. The van der Waals surface area contributed by atoms with Crippen LogP contribution in [-0.4, -0.2) is 30.6 Å². The fourth-order valence-corrected chi connectivity index (χ4v) is 3.19. The van der Waals surface area contributed by atoms with Gasteiger partial charge in [-0.2, -0.15) is 0 Å². The van der Waals surface area contributed by atoms with Gasteiger partial charge in [0.15, 0.2) is 0 Å². The number of hydrogen-bond acceptors (Lipinski definition) is 3. The first-order valence-corrected chi connectivity index (χ1v) is 7.23. The second kappa shape index (κ2) is 6.01. The summed E-state index contributed by atoms with van der Waals surface area (Å²) in [5.74, 6) is 0. The van der Waals surface area contributed by atoms with E-state index in [1.165, 1.54) is 24.9 Å². The Morgan fingerprint density at radius 3 is 3.06 bits per heavy atom. The van der Waals surface area contributed by atoms with Crippen molar-refractivity contribution in [1.29, 1.82) is 0 Å². The number of halogens is 1. The average molecular weight is 259 g/mol. The predicted molar refractivity (Wildman–Crippen MR) is 71.3 cm³/mol. The lowest BCUT2D eigenvalue weighted by molar-refractivity contribution is 0.200. The first kappa shape index (κ1) is 12.4. The first-order valence-electron chi connectivity index (χ1n) is 5.98. The number of thiophene rings is 1. The smallest absolute Gasteiger partial charge is 0.0973 e. The Hall–Kier alpha value is -0.0900. The van der Waals surface area contributed by atoms with E-state index in [0.717, 1.165) is 24.0 Å². The maximum Gasteiger partial charge on any atom is 0.0973 e. The summed E-state index contributed by atoms with van der Waals surface area (Å²) in [6, 6.07) is 2.84. The van der Waals surface area contributed by atoms with Gasteiger partial charge in [-0.3, -0.25) is 4.90 Å². The molecule has 0 aliphatic carbocycles. The summed E-state index contributed by atoms with van der Waals surface area (Å²) < 4.78 is 0.951. The summed E-state index contributed by atoms with van der Waals surface area (Å²) in [5.41, 5.74) is 1.28. The molecule has 0 aromatic carbocycles. The van der Waals surface area contributed by atoms with Crippen molar-refractivity contribution < 1.29 is 0 Å². The van der Waals surface area contributed by atoms with Crippen molar-refractivity contribution in [3.63, 3.8) is 0 Å². The van der Waals surface area contributed by atoms with Crippen molar-refractivity contribution in [2.75, 3.05) is 19.6 Å². The zero-order valence-corrected chi connectivity index (χ0v) is 11.3. The number of rotatable bonds is 5. The molecule has 90 valence electrons. The lowest BCUT2D eigenvalue weighted by atomic mass is 10.2. The largest absolute Gasteiger partial charge is 0.315 e. The number of hydrogen-bond donors (Lipinski definition) is 1. The van der Waals surface area contributed by atoms with Gasteiger partial charge in [-0.25, -0.2) is 0 Å². The summed E-state index contributed by atoms with van der Waals surface area (Å²) in [6.45, 7) is 6.69. The zero-order valence-electron chi connectivity index (χ0n) is 9.71. The van der Waals surface area contributed by atoms with Crippen LogP contribution in [0.1, 0.15) is 25.3 Å². The van der Waals surface area contributed by atoms with Crippen LogP contribution in [0.5, 0.6) is 0 Å². The van der Waals surface area contributed by atoms with Gasteiger partial charge in [0.1, 0.15) is 0 Å². The van der Waals surface area contributed by atoms with Crippen molar-refractivity contribution >= 4 is 22.9 Å². The van der Waals surface area contributed by atoms with Crippen LogP contribution < -0.4 is 5.32 Å². The monoisotopic (exact) mass is 258 g/mol. The first-order chi connectivity index (χ1) is 7.81. The van der Waals surface area contributed by atoms with Gasteiger partial charge in [0.25, 0.3) is 0 Å². The van der Waals surface area contributed by atoms with Crippen molar-refractivity contribution in [2.45, 2.75) is 32.4 Å². The van der Waals surface area contributed by atoms with Crippen molar-refractivity contribution in [2.24, 2.45) is 0 Å². The van der Waals surface area contributed by atoms with Gasteiger partial charge >= 0.3 is 0 Å². The molecule has 1 unspecified atom stereocenters. The topological polar surface area (TPSA) is 15.3 Å². The molecule has 2 nitrogen and oxygen atoms in total. The minimum absolute atomic E-state index is 0.691. The van der Waals surface area contributed by atoms with E-state index in [1.54, 1.807) is 11.3 Å². The zero-order chi connectivity index (χ0) is 11.4. The Morgan fingerprint density at radius 1 is 1.62 bits per heavy atom. The third kappa shape index (κ3) is 2.98. The van der Waals surface area contributed by atoms with Crippen LogP contribution >= 0.6 is 22.9 Å². The second-order valence-electron chi connectivity index (χ2n) is 4.34. The van der Waals surface area contributed by atoms with Crippen LogP contribution in [-0.2, 0) is 6.54 Å². The molecule has 0 amide bonds. The number of nitrogens with one attached hydrogen (secondary N) is 1. The van der Waals surface area contributed by atoms with E-state index in [-0.39, 0.29) is 0 Å². The maximum atomic E-state index is 6.17. The van der Waals surface area contributed by atoms with Gasteiger partial charge in [0.05, 0.1) is 4.34 Å². The van der Waals surface area contributed by atoms with Gasteiger partial charge < -0.3 is 5.32 Å². The molecule has 2 rings (SSSR count). The van der Waals surface area contributed by atoms with Crippen LogP contribution in [0, 0.1) is 0 Å². The van der Waals surface area contributed by atoms with Crippen LogP contribution in [0.4, 0.5) is 0 Å². The van der Waals surface area contributed by atoms with Gasteiger partial charge in [0, 0.05) is 19.1 Å². The van der Waals surface area contributed by atoms with E-state index < -0.39 is 0 Å². The highest BCUT2D eigenvalue weighted by Gasteiger charge is 2.22. The SMILES string of the molecule is CCCN(Cc1ccsc1Cl)C1CCNC1. The Bertz CT molecular complexity index is 321. The molecule has 1 aliphatic heterocycles. The highest BCUT2D eigenvalue weighted by molar-refractivity contribution is 7.14. The normalized spacial score (nSPS) is 20.8. The number of nitrogens with zero attached hydrogens (tertiary/aromatic N) is 1. The van der Waals surface area contributed by atoms with Crippen molar-refractivity contribution in [1.82, 2.24) is 10.2 Å². The molecule has 1 saturated heterocycles. The van der Waals surface area contributed by atoms with Gasteiger partial charge in [0.2, 0.25) is 0 Å². The van der Waals surface area contributed by atoms with E-state index in [1.807, 2.05) is 0 Å². The summed E-state index contributed by atoms with van der Waals surface area (Å²) >= 11 is 7.80. The van der Waals surface area contributed by atoms with Crippen LogP contribution in [0.2, 0.25) is 4.34 Å². The lowest BCUT2D eigenvalue weighted by Gasteiger charge is -2.27. The molecule has 1 aromatic rings. The van der Waals surface area contributed by atoms with E-state index in [4.69, 9.17) is 11.6 Å². The molecule has 4 heteroatoms. The van der Waals surface area contributed by atoms with Crippen LogP contribution in [0.25, 0.3) is 0 Å². The summed E-state index contributed by atoms with van der Waals surface area (Å²) in [5, 5.41) is 5.51. The fraction of sp³-hybridized carbons (Fsp3) is 0.667. The Balaban J connectivity index is 1.99. The molecular formula is C12H19ClN2S. The molecule has 2 heterocycles. The van der Waals surface area contributed by atoms with Gasteiger partial charge in [-0.15, -0.1) is 11.3 Å². The predicted octanol–water partition coefficient (Wildman–Crippen LogP) is 2.98. The quantitative estimate of drug-likeness (QED) is 0.874. The Morgan fingerprint density at radius 2 is 2.50 bits per heavy atom. The standard InChI is InChI=1S/C12H19ClN2S/c1-2-6-15(11-3-5-14-8-11)9-10-4-7-16-12(10)13/h4,7,11,14H,2-3,5-6,8-9H2,1H3. The van der Waals surface area contributed by atoms with E-state index in [9.17, 15) is 0 Å². The maximum absolute atomic E-state index is 6.17. The minimum Gasteiger partial charge on any atom is -0.315 e. The highest BCUT2D eigenvalue weighted by atomic mass is 35.5. The molecule has 0 bridgehead atoms. The van der Waals surface area contributed by atoms with Crippen LogP contribution in [0.3, 0.4) is 0 Å². The van der Waals surface area contributed by atoms with E-state index in [0.29, 0.717) is 6.04 Å². The Kier molecular flexibility index (Phi) is 4.65. The molecule has 0 saturated carbocycles. The molecule has 0 spiro atoms. The molecule has 1 N–H and O–H groups in total. The molecule has 1 atom stereocenters. The molecule has 16 heavy (non-hydrogen) atoms. The summed E-state index contributed by atoms with van der Waals surface area (Å²) in [7, 11) is 0. The summed E-state index contributed by atoms with van der Waals surface area (Å²) in [4.78, 5) is 2.56. The van der Waals surface area contributed by atoms with Crippen molar-refractivity contribution in [3.8, 4) is 0 Å². The molecule has 1 aliphatic rings. The van der Waals surface area contributed by atoms with Crippen LogP contribution in [0.15, 0.2) is 11.4 Å². The lowest BCUT2D eigenvalue weighted by Crippen LogP contribution is -2.36. The molecule has 0 radical (unpaired) electrons. The van der Waals surface area contributed by atoms with Gasteiger partial charge in [-0.1, -0.05) is 18.5 Å². The second-order valence-corrected chi connectivity index (χ2v) is 5.85. The minimum atomic E-state index is 0.691. The van der Waals surface area contributed by atoms with Crippen molar-refractivity contribution in [3.05, 3.63) is 21.3 Å². The Labute approximate surface area is 107 Å². The average Bonchev–Trinajstić information content (AvgIpc) is 2.90. The molecular weight excluding hydrogens is 240 g/mol. The molecule has 1 fully saturated rings. The summed E-state index contributed by atoms with van der Waals surface area (Å²) in [6.07, 6.45) is 2.47. The molecule has 1 aromatic heterocycles. The van der Waals surface area contributed by atoms with Gasteiger partial charge in [-0.05, 0) is 42.9 Å². The van der Waals surface area contributed by atoms with E-state index in [2.05, 4.69) is 28.6 Å². The highest BCUT2D eigenvalue weighted by Crippen LogP contribution is 2.25. The third-order valence-corrected chi connectivity index (χ3v) is 4.38. The fourth-order valence-electron chi connectivity index (χ4n) is 2.28.